The minimum Gasteiger partial charge on any atom is -0.484 e. The van der Waals surface area contributed by atoms with Crippen LogP contribution >= 0.6 is 34.7 Å². The molecule has 0 radical (unpaired) electrons. The lowest BCUT2D eigenvalue weighted by molar-refractivity contribution is -0.134. The summed E-state index contributed by atoms with van der Waals surface area (Å²) in [7, 11) is 0. The number of hydrogen-bond acceptors (Lipinski definition) is 7. The molecule has 3 aliphatic heterocycles. The van der Waals surface area contributed by atoms with Gasteiger partial charge in [-0.25, -0.2) is 0 Å². The minimum absolute atomic E-state index is 0.000766. The number of likely N-dealkylation sites (tertiary alicyclic amines) is 1. The number of nitrogens with zero attached hydrogens (tertiary/aromatic N) is 2. The van der Waals surface area contributed by atoms with Crippen LogP contribution in [0, 0.1) is 29.6 Å². The van der Waals surface area contributed by atoms with Crippen LogP contribution in [0.4, 0.5) is 5.69 Å². The molecule has 4 fully saturated rings. The molecule has 2 saturated carbocycles. The second kappa shape index (κ2) is 10.5. The highest BCUT2D eigenvalue weighted by molar-refractivity contribution is 8.00. The van der Waals surface area contributed by atoms with E-state index in [2.05, 4.69) is 11.1 Å². The van der Waals surface area contributed by atoms with E-state index < -0.39 is 0 Å². The van der Waals surface area contributed by atoms with Crippen molar-refractivity contribution in [1.82, 2.24) is 9.88 Å². The molecule has 1 N–H and O–H groups in total. The number of rotatable bonds is 5. The maximum Gasteiger partial charge on any atom is 0.305 e. The normalized spacial score (nSPS) is 30.8. The lowest BCUT2D eigenvalue weighted by Gasteiger charge is -2.43. The van der Waals surface area contributed by atoms with Crippen LogP contribution in [-0.2, 0) is 14.4 Å². The highest BCUT2D eigenvalue weighted by atomic mass is 35.5. The molecule has 0 spiro atoms. The molecule has 222 valence electrons. The van der Waals surface area contributed by atoms with Gasteiger partial charge in [0.25, 0.3) is 5.91 Å². The Balaban J connectivity index is 1.11. The van der Waals surface area contributed by atoms with Gasteiger partial charge in [0, 0.05) is 34.2 Å². The number of hydrogen-bond donors (Lipinski definition) is 1. The van der Waals surface area contributed by atoms with Gasteiger partial charge in [0.1, 0.15) is 5.75 Å². The van der Waals surface area contributed by atoms with Gasteiger partial charge in [0.2, 0.25) is 11.8 Å². The first kappa shape index (κ1) is 27.5. The van der Waals surface area contributed by atoms with E-state index in [1.54, 1.807) is 36.0 Å². The number of aromatic amines is 1. The fraction of sp³-hybridized carbons (Fsp3) is 0.438. The van der Waals surface area contributed by atoms with Crippen molar-refractivity contribution in [3.63, 3.8) is 0 Å². The van der Waals surface area contributed by atoms with Crippen LogP contribution in [0.25, 0.3) is 0 Å². The van der Waals surface area contributed by atoms with Crippen LogP contribution in [-0.4, -0.2) is 52.6 Å². The van der Waals surface area contributed by atoms with Crippen molar-refractivity contribution in [3.05, 3.63) is 73.7 Å². The van der Waals surface area contributed by atoms with E-state index in [0.29, 0.717) is 16.5 Å². The molecule has 8 nitrogen and oxygen atoms in total. The van der Waals surface area contributed by atoms with Crippen molar-refractivity contribution in [2.24, 2.45) is 29.6 Å². The summed E-state index contributed by atoms with van der Waals surface area (Å²) in [5.41, 5.74) is 1.57. The number of thioether (sulfide) groups is 1. The van der Waals surface area contributed by atoms with Gasteiger partial charge in [-0.15, -0.1) is 11.8 Å². The van der Waals surface area contributed by atoms with Gasteiger partial charge in [-0.3, -0.25) is 24.1 Å². The number of amides is 3. The molecule has 7 atom stereocenters. The SMILES string of the molecule is O=C(COc1cccc([C@@H]2c3sc(=O)[nH]c3S[C@@H]3[C@@H]4C[C@@H]([C@@H]5C(=O)N(c6ccc(Cl)cc6)C(=O)[C@@H]45)[C@H]23)c1)N1CCCCC1. The molecule has 1 aromatic heterocycles. The molecular formula is C32H30ClN3O5S2. The lowest BCUT2D eigenvalue weighted by Crippen LogP contribution is -2.42. The van der Waals surface area contributed by atoms with E-state index in [0.717, 1.165) is 54.2 Å². The van der Waals surface area contributed by atoms with E-state index in [4.69, 9.17) is 16.3 Å². The summed E-state index contributed by atoms with van der Waals surface area (Å²) < 4.78 is 6.01. The zero-order chi connectivity index (χ0) is 29.4. The molecule has 3 aromatic rings. The summed E-state index contributed by atoms with van der Waals surface area (Å²) in [6.07, 6.45) is 4.03. The van der Waals surface area contributed by atoms with E-state index in [1.165, 1.54) is 16.2 Å². The Bertz CT molecular complexity index is 1680. The second-order valence-electron chi connectivity index (χ2n) is 12.3. The van der Waals surface area contributed by atoms with Gasteiger partial charge in [0.05, 0.1) is 22.5 Å². The highest BCUT2D eigenvalue weighted by Gasteiger charge is 2.69. The predicted octanol–water partition coefficient (Wildman–Crippen LogP) is 5.16. The van der Waals surface area contributed by atoms with Crippen LogP contribution in [0.1, 0.15) is 42.0 Å². The molecule has 2 aliphatic carbocycles. The number of halogens is 1. The fourth-order valence-corrected chi connectivity index (χ4v) is 11.4. The number of carbonyl (C=O) groups excluding carboxylic acids is 3. The standard InChI is InChI=1S/C32H30ClN3O5S2/c33-17-7-9-18(10-8-17)36-30(38)25-20-14-21(26(25)31(36)39)27-24(20)23(28-29(42-27)34-32(40)43-28)16-5-4-6-19(13-16)41-15-22(37)35-11-2-1-3-12-35/h4-10,13,20-21,23-27H,1-3,11-12,14-15H2,(H,34,40)/t20-,21-,23+,24-,25+,26+,27-/m1/s1. The van der Waals surface area contributed by atoms with Gasteiger partial charge in [0.15, 0.2) is 6.61 Å². The van der Waals surface area contributed by atoms with Crippen molar-refractivity contribution in [3.8, 4) is 5.75 Å². The molecular weight excluding hydrogens is 606 g/mol. The van der Waals surface area contributed by atoms with Gasteiger partial charge in [-0.2, -0.15) is 0 Å². The average molecular weight is 636 g/mol. The van der Waals surface area contributed by atoms with E-state index >= 15 is 0 Å². The average Bonchev–Trinajstić information content (AvgIpc) is 3.76. The smallest absolute Gasteiger partial charge is 0.305 e. The largest absolute Gasteiger partial charge is 0.484 e. The second-order valence-corrected chi connectivity index (χ2v) is 14.9. The van der Waals surface area contributed by atoms with Gasteiger partial charge in [-0.1, -0.05) is 35.1 Å². The van der Waals surface area contributed by atoms with Crippen molar-refractivity contribution >= 4 is 58.1 Å². The number of piperidine rings is 1. The monoisotopic (exact) mass is 635 g/mol. The Labute approximate surface area is 261 Å². The summed E-state index contributed by atoms with van der Waals surface area (Å²) in [5.74, 6) is -0.352. The summed E-state index contributed by atoms with van der Waals surface area (Å²) in [6, 6.07) is 14.7. The van der Waals surface area contributed by atoms with E-state index in [-0.39, 0.29) is 70.0 Å². The number of carbonyl (C=O) groups is 3. The van der Waals surface area contributed by atoms with Crippen molar-refractivity contribution in [1.29, 1.82) is 0 Å². The number of benzene rings is 2. The molecule has 3 amide bonds. The third kappa shape index (κ3) is 4.39. The zero-order valence-corrected chi connectivity index (χ0v) is 25.6. The molecule has 0 unspecified atom stereocenters. The molecule has 11 heteroatoms. The number of H-pyrrole nitrogens is 1. The molecule has 4 heterocycles. The van der Waals surface area contributed by atoms with Crippen LogP contribution in [0.2, 0.25) is 5.02 Å². The third-order valence-corrected chi connectivity index (χ3v) is 12.9. The summed E-state index contributed by atoms with van der Waals surface area (Å²) in [6.45, 7) is 1.55. The Morgan fingerprint density at radius 3 is 2.49 bits per heavy atom. The molecule has 2 aromatic carbocycles. The zero-order valence-electron chi connectivity index (χ0n) is 23.2. The first-order valence-corrected chi connectivity index (χ1v) is 17.0. The first-order valence-electron chi connectivity index (χ1n) is 14.9. The van der Waals surface area contributed by atoms with E-state index in [1.807, 2.05) is 23.1 Å². The van der Waals surface area contributed by atoms with Crippen LogP contribution in [0.5, 0.6) is 5.75 Å². The lowest BCUT2D eigenvalue weighted by atomic mass is 9.68. The Morgan fingerprint density at radius 2 is 1.72 bits per heavy atom. The maximum absolute atomic E-state index is 13.9. The number of thiazole rings is 1. The molecule has 43 heavy (non-hydrogen) atoms. The summed E-state index contributed by atoms with van der Waals surface area (Å²) >= 11 is 8.98. The molecule has 8 rings (SSSR count). The Kier molecular flexibility index (Phi) is 6.72. The Morgan fingerprint density at radius 1 is 0.977 bits per heavy atom. The van der Waals surface area contributed by atoms with Crippen molar-refractivity contribution in [2.75, 3.05) is 24.6 Å². The van der Waals surface area contributed by atoms with Gasteiger partial charge >= 0.3 is 4.87 Å². The summed E-state index contributed by atoms with van der Waals surface area (Å²) in [4.78, 5) is 60.3. The summed E-state index contributed by atoms with van der Waals surface area (Å²) in [5, 5.41) is 1.51. The minimum atomic E-state index is -0.378. The van der Waals surface area contributed by atoms with E-state index in [9.17, 15) is 19.2 Å². The van der Waals surface area contributed by atoms with Crippen LogP contribution < -0.4 is 14.5 Å². The Hall–Kier alpha value is -3.08. The first-order chi connectivity index (χ1) is 20.9. The molecule has 5 aliphatic rings. The topological polar surface area (TPSA) is 99.8 Å². The number of fused-ring (bicyclic) bond motifs is 9. The van der Waals surface area contributed by atoms with Crippen molar-refractivity contribution in [2.45, 2.75) is 41.9 Å². The van der Waals surface area contributed by atoms with Crippen LogP contribution in [0.15, 0.2) is 58.4 Å². The third-order valence-electron chi connectivity index (χ3n) is 10.1. The van der Waals surface area contributed by atoms with Gasteiger partial charge in [-0.05, 0) is 85.4 Å². The number of imide groups is 1. The fourth-order valence-electron chi connectivity index (χ4n) is 8.41. The number of ether oxygens (including phenoxy) is 1. The molecule has 2 bridgehead atoms. The predicted molar refractivity (Wildman–Crippen MR) is 165 cm³/mol. The van der Waals surface area contributed by atoms with Gasteiger partial charge < -0.3 is 14.6 Å². The number of aromatic nitrogens is 1. The number of anilines is 1. The molecule has 2 saturated heterocycles. The highest BCUT2D eigenvalue weighted by Crippen LogP contribution is 2.68. The van der Waals surface area contributed by atoms with Crippen molar-refractivity contribution < 1.29 is 19.1 Å². The quantitative estimate of drug-likeness (QED) is 0.389. The number of nitrogens with one attached hydrogen (secondary N) is 1. The van der Waals surface area contributed by atoms with Crippen LogP contribution in [0.3, 0.4) is 0 Å². The maximum atomic E-state index is 13.9.